The molecule has 0 aliphatic rings. The monoisotopic (exact) mass is 223 g/mol. The first-order valence-corrected chi connectivity index (χ1v) is 5.52. The van der Waals surface area contributed by atoms with Gasteiger partial charge in [0.25, 0.3) is 0 Å². The molecule has 3 N–H and O–H groups in total. The van der Waals surface area contributed by atoms with E-state index < -0.39 is 6.10 Å². The second-order valence-electron chi connectivity index (χ2n) is 5.19. The van der Waals surface area contributed by atoms with Crippen LogP contribution in [0.1, 0.15) is 38.0 Å². The molecule has 3 nitrogen and oxygen atoms in total. The molecule has 0 aliphatic carbocycles. The number of aromatic hydroxyl groups is 1. The molecule has 0 radical (unpaired) electrons. The van der Waals surface area contributed by atoms with Crippen molar-refractivity contribution in [1.82, 2.24) is 5.32 Å². The third-order valence-electron chi connectivity index (χ3n) is 2.43. The lowest BCUT2D eigenvalue weighted by molar-refractivity contribution is 0.163. The summed E-state index contributed by atoms with van der Waals surface area (Å²) in [4.78, 5) is 0. The minimum Gasteiger partial charge on any atom is -0.508 e. The number of nitrogens with one attached hydrogen (secondary N) is 1. The highest BCUT2D eigenvalue weighted by atomic mass is 16.3. The Bertz CT molecular complexity index is 355. The molecule has 0 spiro atoms. The first kappa shape index (κ1) is 13.0. The minimum atomic E-state index is -0.543. The van der Waals surface area contributed by atoms with E-state index in [-0.39, 0.29) is 11.3 Å². The molecule has 1 atom stereocenters. The van der Waals surface area contributed by atoms with Crippen LogP contribution in [0.2, 0.25) is 0 Å². The van der Waals surface area contributed by atoms with Crippen molar-refractivity contribution in [3.63, 3.8) is 0 Å². The first-order valence-electron chi connectivity index (χ1n) is 5.52. The molecule has 1 aromatic rings. The molecule has 0 aliphatic heterocycles. The molecule has 90 valence electrons. The Balaban J connectivity index is 2.66. The molecule has 1 aromatic carbocycles. The Labute approximate surface area is 97.1 Å². The molecule has 0 saturated carbocycles. The fourth-order valence-electron chi connectivity index (χ4n) is 1.41. The van der Waals surface area contributed by atoms with Gasteiger partial charge in [-0.15, -0.1) is 0 Å². The van der Waals surface area contributed by atoms with E-state index in [0.29, 0.717) is 6.54 Å². The van der Waals surface area contributed by atoms with E-state index in [1.165, 1.54) is 0 Å². The zero-order valence-corrected chi connectivity index (χ0v) is 10.4. The summed E-state index contributed by atoms with van der Waals surface area (Å²) in [5.41, 5.74) is 1.60. The van der Waals surface area contributed by atoms with E-state index in [1.807, 2.05) is 13.0 Å². The lowest BCUT2D eigenvalue weighted by atomic mass is 10.0. The van der Waals surface area contributed by atoms with Crippen LogP contribution in [0.5, 0.6) is 5.75 Å². The summed E-state index contributed by atoms with van der Waals surface area (Å²) < 4.78 is 0. The number of hydrogen-bond acceptors (Lipinski definition) is 3. The third-order valence-corrected chi connectivity index (χ3v) is 2.43. The topological polar surface area (TPSA) is 52.5 Å². The Kier molecular flexibility index (Phi) is 3.94. The van der Waals surface area contributed by atoms with Gasteiger partial charge in [-0.3, -0.25) is 0 Å². The van der Waals surface area contributed by atoms with Crippen molar-refractivity contribution in [2.75, 3.05) is 6.54 Å². The molecule has 16 heavy (non-hydrogen) atoms. The zero-order chi connectivity index (χ0) is 12.3. The van der Waals surface area contributed by atoms with E-state index in [4.69, 9.17) is 0 Å². The Morgan fingerprint density at radius 3 is 2.44 bits per heavy atom. The van der Waals surface area contributed by atoms with E-state index in [1.54, 1.807) is 12.1 Å². The molecule has 0 fully saturated rings. The fourth-order valence-corrected chi connectivity index (χ4v) is 1.41. The maximum absolute atomic E-state index is 9.96. The van der Waals surface area contributed by atoms with Crippen LogP contribution in [-0.4, -0.2) is 22.3 Å². The van der Waals surface area contributed by atoms with Gasteiger partial charge in [-0.1, -0.05) is 6.07 Å². The fraction of sp³-hybridized carbons (Fsp3) is 0.538. The van der Waals surface area contributed by atoms with Crippen LogP contribution in [0.4, 0.5) is 0 Å². The highest BCUT2D eigenvalue weighted by Crippen LogP contribution is 2.21. The molecule has 0 amide bonds. The standard InChI is InChI=1S/C13H21NO2/c1-9-7-10(5-6-11(9)15)12(16)8-14-13(2,3)4/h5-7,12,14-16H,8H2,1-4H3/t12-/m1/s1. The largest absolute Gasteiger partial charge is 0.508 e. The van der Waals surface area contributed by atoms with Crippen molar-refractivity contribution in [3.8, 4) is 5.75 Å². The van der Waals surface area contributed by atoms with E-state index in [9.17, 15) is 10.2 Å². The van der Waals surface area contributed by atoms with Crippen molar-refractivity contribution in [1.29, 1.82) is 0 Å². The highest BCUT2D eigenvalue weighted by Gasteiger charge is 2.14. The molecular formula is C13H21NO2. The van der Waals surface area contributed by atoms with Gasteiger partial charge in [0.2, 0.25) is 0 Å². The summed E-state index contributed by atoms with van der Waals surface area (Å²) in [6, 6.07) is 5.17. The number of phenolic OH excluding ortho intramolecular Hbond substituents is 1. The van der Waals surface area contributed by atoms with Crippen molar-refractivity contribution in [2.45, 2.75) is 39.3 Å². The van der Waals surface area contributed by atoms with Crippen LogP contribution >= 0.6 is 0 Å². The number of rotatable bonds is 3. The van der Waals surface area contributed by atoms with Gasteiger partial charge < -0.3 is 15.5 Å². The van der Waals surface area contributed by atoms with Crippen LogP contribution in [0.3, 0.4) is 0 Å². The SMILES string of the molecule is Cc1cc([C@H](O)CNC(C)(C)C)ccc1O. The van der Waals surface area contributed by atoms with Gasteiger partial charge in [-0.25, -0.2) is 0 Å². The summed E-state index contributed by atoms with van der Waals surface area (Å²) in [5, 5.41) is 22.6. The Hall–Kier alpha value is -1.06. The molecule has 0 aromatic heterocycles. The number of hydrogen-bond donors (Lipinski definition) is 3. The van der Waals surface area contributed by atoms with Gasteiger partial charge in [0.05, 0.1) is 6.10 Å². The average Bonchev–Trinajstić information content (AvgIpc) is 2.17. The van der Waals surface area contributed by atoms with Crippen molar-refractivity contribution in [2.24, 2.45) is 0 Å². The molecule has 0 bridgehead atoms. The smallest absolute Gasteiger partial charge is 0.118 e. The molecular weight excluding hydrogens is 202 g/mol. The average molecular weight is 223 g/mol. The Morgan fingerprint density at radius 1 is 1.31 bits per heavy atom. The molecule has 0 saturated heterocycles. The summed E-state index contributed by atoms with van der Waals surface area (Å²) in [5.74, 6) is 0.264. The normalized spacial score (nSPS) is 13.8. The van der Waals surface area contributed by atoms with Gasteiger partial charge in [-0.2, -0.15) is 0 Å². The number of benzene rings is 1. The maximum atomic E-state index is 9.96. The summed E-state index contributed by atoms with van der Waals surface area (Å²) in [6.45, 7) is 8.50. The van der Waals surface area contributed by atoms with Gasteiger partial charge in [0, 0.05) is 12.1 Å². The number of β-amino-alcohol motifs (C(OH)–C–C–N with tert-alkyl or cyclic N) is 1. The highest BCUT2D eigenvalue weighted by molar-refractivity contribution is 5.35. The summed E-state index contributed by atoms with van der Waals surface area (Å²) >= 11 is 0. The predicted octanol–water partition coefficient (Wildman–Crippen LogP) is 2.12. The maximum Gasteiger partial charge on any atom is 0.118 e. The molecule has 0 heterocycles. The van der Waals surface area contributed by atoms with Crippen molar-refractivity contribution >= 4 is 0 Å². The molecule has 1 rings (SSSR count). The van der Waals surface area contributed by atoms with E-state index in [0.717, 1.165) is 11.1 Å². The van der Waals surface area contributed by atoms with Crippen LogP contribution in [0.25, 0.3) is 0 Å². The van der Waals surface area contributed by atoms with Gasteiger partial charge in [0.1, 0.15) is 5.75 Å². The number of phenols is 1. The lowest BCUT2D eigenvalue weighted by Crippen LogP contribution is -2.38. The minimum absolute atomic E-state index is 0.00700. The van der Waals surface area contributed by atoms with E-state index >= 15 is 0 Å². The Morgan fingerprint density at radius 2 is 1.94 bits per heavy atom. The number of aryl methyl sites for hydroxylation is 1. The van der Waals surface area contributed by atoms with Crippen molar-refractivity contribution < 1.29 is 10.2 Å². The van der Waals surface area contributed by atoms with E-state index in [2.05, 4.69) is 26.1 Å². The van der Waals surface area contributed by atoms with Crippen LogP contribution in [-0.2, 0) is 0 Å². The summed E-state index contributed by atoms with van der Waals surface area (Å²) in [6.07, 6.45) is -0.543. The summed E-state index contributed by atoms with van der Waals surface area (Å²) in [7, 11) is 0. The second kappa shape index (κ2) is 4.85. The zero-order valence-electron chi connectivity index (χ0n) is 10.4. The predicted molar refractivity (Wildman–Crippen MR) is 65.6 cm³/mol. The third kappa shape index (κ3) is 3.83. The van der Waals surface area contributed by atoms with Crippen LogP contribution in [0.15, 0.2) is 18.2 Å². The quantitative estimate of drug-likeness (QED) is 0.735. The van der Waals surface area contributed by atoms with Gasteiger partial charge in [-0.05, 0) is 51.0 Å². The lowest BCUT2D eigenvalue weighted by Gasteiger charge is -2.23. The second-order valence-corrected chi connectivity index (χ2v) is 5.19. The number of aliphatic hydroxyl groups is 1. The molecule has 3 heteroatoms. The van der Waals surface area contributed by atoms with Gasteiger partial charge in [0.15, 0.2) is 0 Å². The number of aliphatic hydroxyl groups excluding tert-OH is 1. The van der Waals surface area contributed by atoms with Crippen LogP contribution in [0, 0.1) is 6.92 Å². The molecule has 0 unspecified atom stereocenters. The van der Waals surface area contributed by atoms with Crippen molar-refractivity contribution in [3.05, 3.63) is 29.3 Å². The van der Waals surface area contributed by atoms with Gasteiger partial charge >= 0.3 is 0 Å². The van der Waals surface area contributed by atoms with Crippen LogP contribution < -0.4 is 5.32 Å². The first-order chi connectivity index (χ1) is 7.29.